The number of nitrogens with zero attached hydrogens (tertiary/aromatic N) is 1. The lowest BCUT2D eigenvalue weighted by Crippen LogP contribution is -2.58. The number of hydrogen-bond acceptors (Lipinski definition) is 2. The molecule has 1 saturated carbocycles. The van der Waals surface area contributed by atoms with Crippen molar-refractivity contribution in [2.45, 2.75) is 38.1 Å². The molecule has 18 heavy (non-hydrogen) atoms. The van der Waals surface area contributed by atoms with Crippen molar-refractivity contribution in [3.05, 3.63) is 22.7 Å². The van der Waals surface area contributed by atoms with E-state index in [9.17, 15) is 4.79 Å². The molecule has 3 rings (SSSR count). The largest absolute Gasteiger partial charge is 0.355 e. The van der Waals surface area contributed by atoms with Gasteiger partial charge in [-0.3, -0.25) is 4.79 Å². The van der Waals surface area contributed by atoms with E-state index in [4.69, 9.17) is 0 Å². The highest BCUT2D eigenvalue weighted by atomic mass is 79.9. The topological polar surface area (TPSA) is 32.3 Å². The van der Waals surface area contributed by atoms with Crippen molar-refractivity contribution in [1.29, 1.82) is 0 Å². The summed E-state index contributed by atoms with van der Waals surface area (Å²) in [6.07, 6.45) is 4.22. The molecular formula is C14H17BrN2O. The summed E-state index contributed by atoms with van der Waals surface area (Å²) >= 11 is 3.62. The molecule has 1 amide bonds. The summed E-state index contributed by atoms with van der Waals surface area (Å²) < 4.78 is 1.06. The van der Waals surface area contributed by atoms with Gasteiger partial charge >= 0.3 is 0 Å². The SMILES string of the molecule is CCN1c2c(Br)cccc2NC(=O)C12CCCC2. The highest BCUT2D eigenvalue weighted by Gasteiger charge is 2.49. The number of hydrogen-bond donors (Lipinski definition) is 1. The molecule has 4 heteroatoms. The van der Waals surface area contributed by atoms with E-state index < -0.39 is 0 Å². The molecule has 1 aliphatic heterocycles. The Hall–Kier alpha value is -1.03. The Morgan fingerprint density at radius 3 is 2.78 bits per heavy atom. The van der Waals surface area contributed by atoms with Gasteiger partial charge in [0.05, 0.1) is 11.4 Å². The number of benzene rings is 1. The summed E-state index contributed by atoms with van der Waals surface area (Å²) in [5, 5.41) is 3.09. The van der Waals surface area contributed by atoms with Crippen molar-refractivity contribution in [2.75, 3.05) is 16.8 Å². The number of fused-ring (bicyclic) bond motifs is 1. The molecule has 0 radical (unpaired) electrons. The number of anilines is 2. The Kier molecular flexibility index (Phi) is 2.85. The van der Waals surface area contributed by atoms with Gasteiger partial charge in [-0.2, -0.15) is 0 Å². The van der Waals surface area contributed by atoms with Crippen LogP contribution < -0.4 is 10.2 Å². The number of amides is 1. The second kappa shape index (κ2) is 4.26. The van der Waals surface area contributed by atoms with Crippen LogP contribution in [0.5, 0.6) is 0 Å². The minimum atomic E-state index is -0.314. The smallest absolute Gasteiger partial charge is 0.250 e. The highest BCUT2D eigenvalue weighted by molar-refractivity contribution is 9.10. The number of halogens is 1. The van der Waals surface area contributed by atoms with Gasteiger partial charge in [0, 0.05) is 11.0 Å². The summed E-state index contributed by atoms with van der Waals surface area (Å²) in [4.78, 5) is 14.8. The predicted octanol–water partition coefficient (Wildman–Crippen LogP) is 3.54. The van der Waals surface area contributed by atoms with E-state index in [1.54, 1.807) is 0 Å². The first-order valence-electron chi connectivity index (χ1n) is 6.56. The maximum Gasteiger partial charge on any atom is 0.250 e. The average Bonchev–Trinajstić information content (AvgIpc) is 2.83. The molecule has 1 aromatic carbocycles. The Labute approximate surface area is 116 Å². The quantitative estimate of drug-likeness (QED) is 0.860. The molecular weight excluding hydrogens is 292 g/mol. The van der Waals surface area contributed by atoms with Crippen LogP contribution in [0.4, 0.5) is 11.4 Å². The van der Waals surface area contributed by atoms with E-state index in [2.05, 4.69) is 33.1 Å². The fourth-order valence-electron chi connectivity index (χ4n) is 3.38. The van der Waals surface area contributed by atoms with Crippen LogP contribution in [0.3, 0.4) is 0 Å². The molecule has 0 unspecified atom stereocenters. The van der Waals surface area contributed by atoms with Gasteiger partial charge in [-0.25, -0.2) is 0 Å². The number of carbonyl (C=O) groups excluding carboxylic acids is 1. The number of rotatable bonds is 1. The molecule has 1 heterocycles. The molecule has 1 aliphatic carbocycles. The second-order valence-electron chi connectivity index (χ2n) is 5.07. The molecule has 1 aromatic rings. The van der Waals surface area contributed by atoms with Gasteiger partial charge in [-0.05, 0) is 47.8 Å². The lowest BCUT2D eigenvalue weighted by atomic mass is 9.90. The molecule has 0 saturated heterocycles. The first-order valence-corrected chi connectivity index (χ1v) is 7.36. The van der Waals surface area contributed by atoms with E-state index in [-0.39, 0.29) is 11.4 Å². The van der Waals surface area contributed by atoms with Crippen molar-refractivity contribution < 1.29 is 4.79 Å². The summed E-state index contributed by atoms with van der Waals surface area (Å²) in [5.41, 5.74) is 1.75. The predicted molar refractivity (Wildman–Crippen MR) is 77.0 cm³/mol. The Bertz CT molecular complexity index is 495. The maximum atomic E-state index is 12.5. The minimum absolute atomic E-state index is 0.174. The Morgan fingerprint density at radius 2 is 2.11 bits per heavy atom. The molecule has 1 spiro atoms. The summed E-state index contributed by atoms with van der Waals surface area (Å²) in [5.74, 6) is 0.174. The van der Waals surface area contributed by atoms with E-state index in [0.717, 1.165) is 48.1 Å². The number of nitrogens with one attached hydrogen (secondary N) is 1. The summed E-state index contributed by atoms with van der Waals surface area (Å²) in [6.45, 7) is 2.99. The third-order valence-corrected chi connectivity index (χ3v) is 4.83. The molecule has 2 aliphatic rings. The highest BCUT2D eigenvalue weighted by Crippen LogP contribution is 2.47. The van der Waals surface area contributed by atoms with Gasteiger partial charge < -0.3 is 10.2 Å². The molecule has 0 atom stereocenters. The lowest BCUT2D eigenvalue weighted by molar-refractivity contribution is -0.121. The number of carbonyl (C=O) groups is 1. The van der Waals surface area contributed by atoms with Gasteiger partial charge in [0.2, 0.25) is 5.91 Å². The molecule has 0 aromatic heterocycles. The molecule has 1 N–H and O–H groups in total. The van der Waals surface area contributed by atoms with Crippen LogP contribution in [-0.2, 0) is 4.79 Å². The fraction of sp³-hybridized carbons (Fsp3) is 0.500. The third kappa shape index (κ3) is 1.51. The zero-order valence-electron chi connectivity index (χ0n) is 10.5. The van der Waals surface area contributed by atoms with Gasteiger partial charge in [0.25, 0.3) is 0 Å². The Morgan fingerprint density at radius 1 is 1.39 bits per heavy atom. The van der Waals surface area contributed by atoms with Crippen molar-refractivity contribution in [3.63, 3.8) is 0 Å². The van der Waals surface area contributed by atoms with Gasteiger partial charge in [0.15, 0.2) is 0 Å². The van der Waals surface area contributed by atoms with Crippen LogP contribution in [0.2, 0.25) is 0 Å². The van der Waals surface area contributed by atoms with Gasteiger partial charge in [0.1, 0.15) is 5.54 Å². The second-order valence-corrected chi connectivity index (χ2v) is 5.93. The van der Waals surface area contributed by atoms with Crippen molar-refractivity contribution in [2.24, 2.45) is 0 Å². The van der Waals surface area contributed by atoms with Crippen molar-refractivity contribution in [3.8, 4) is 0 Å². The van der Waals surface area contributed by atoms with Crippen LogP contribution >= 0.6 is 15.9 Å². The average molecular weight is 309 g/mol. The molecule has 96 valence electrons. The van der Waals surface area contributed by atoms with Crippen LogP contribution in [0, 0.1) is 0 Å². The number of para-hydroxylation sites is 1. The van der Waals surface area contributed by atoms with Crippen LogP contribution in [0.25, 0.3) is 0 Å². The molecule has 0 bridgehead atoms. The van der Waals surface area contributed by atoms with Crippen LogP contribution in [0.15, 0.2) is 22.7 Å². The maximum absolute atomic E-state index is 12.5. The first-order chi connectivity index (χ1) is 8.69. The van der Waals surface area contributed by atoms with Crippen molar-refractivity contribution >= 4 is 33.2 Å². The monoisotopic (exact) mass is 308 g/mol. The van der Waals surface area contributed by atoms with Crippen molar-refractivity contribution in [1.82, 2.24) is 0 Å². The number of likely N-dealkylation sites (N-methyl/N-ethyl adjacent to an activating group) is 1. The van der Waals surface area contributed by atoms with Crippen LogP contribution in [-0.4, -0.2) is 18.0 Å². The normalized spacial score (nSPS) is 21.0. The molecule has 1 fully saturated rings. The van der Waals surface area contributed by atoms with E-state index >= 15 is 0 Å². The van der Waals surface area contributed by atoms with E-state index in [0.29, 0.717) is 0 Å². The standard InChI is InChI=1S/C14H17BrN2O/c1-2-17-12-10(15)6-5-7-11(12)16-13(18)14(17)8-3-4-9-14/h5-7H,2-4,8-9H2,1H3,(H,16,18). The third-order valence-electron chi connectivity index (χ3n) is 4.19. The lowest BCUT2D eigenvalue weighted by Gasteiger charge is -2.46. The van der Waals surface area contributed by atoms with E-state index in [1.165, 1.54) is 0 Å². The van der Waals surface area contributed by atoms with Gasteiger partial charge in [-0.15, -0.1) is 0 Å². The van der Waals surface area contributed by atoms with Gasteiger partial charge in [-0.1, -0.05) is 18.9 Å². The summed E-state index contributed by atoms with van der Waals surface area (Å²) in [6, 6.07) is 5.98. The molecule has 3 nitrogen and oxygen atoms in total. The Balaban J connectivity index is 2.17. The first kappa shape index (κ1) is 12.0. The van der Waals surface area contributed by atoms with E-state index in [1.807, 2.05) is 18.2 Å². The van der Waals surface area contributed by atoms with Crippen LogP contribution in [0.1, 0.15) is 32.6 Å². The summed E-state index contributed by atoms with van der Waals surface area (Å²) in [7, 11) is 0. The zero-order valence-corrected chi connectivity index (χ0v) is 12.1. The fourth-order valence-corrected chi connectivity index (χ4v) is 3.96. The minimum Gasteiger partial charge on any atom is -0.355 e. The zero-order chi connectivity index (χ0) is 12.8.